The van der Waals surface area contributed by atoms with Crippen molar-refractivity contribution in [2.75, 3.05) is 13.7 Å². The summed E-state index contributed by atoms with van der Waals surface area (Å²) in [7, 11) is 1.91. The average molecular weight is 310 g/mol. The zero-order chi connectivity index (χ0) is 12.8. The molecule has 1 aromatic heterocycles. The maximum absolute atomic E-state index is 5.67. The van der Waals surface area contributed by atoms with Gasteiger partial charge in [0, 0.05) is 17.2 Å². The summed E-state index contributed by atoms with van der Waals surface area (Å²) in [4.78, 5) is 4.28. The fourth-order valence-electron chi connectivity index (χ4n) is 1.63. The molecule has 0 fully saturated rings. The lowest BCUT2D eigenvalue weighted by atomic mass is 10.3. The molecule has 0 aliphatic rings. The third-order valence-corrected chi connectivity index (χ3v) is 2.95. The van der Waals surface area contributed by atoms with Gasteiger partial charge in [-0.2, -0.15) is 0 Å². The quantitative estimate of drug-likeness (QED) is 0.891. The Hall–Kier alpha value is -1.33. The molecule has 2 rings (SSSR count). The molecule has 0 unspecified atom stereocenters. The van der Waals surface area contributed by atoms with Crippen molar-refractivity contribution >= 4 is 15.9 Å². The first-order valence-corrected chi connectivity index (χ1v) is 6.61. The van der Waals surface area contributed by atoms with Crippen molar-refractivity contribution in [1.82, 2.24) is 14.9 Å². The van der Waals surface area contributed by atoms with E-state index in [0.29, 0.717) is 6.61 Å². The average Bonchev–Trinajstić information content (AvgIpc) is 2.78. The van der Waals surface area contributed by atoms with Crippen molar-refractivity contribution < 1.29 is 4.74 Å². The number of ether oxygens (including phenoxy) is 1. The molecule has 18 heavy (non-hydrogen) atoms. The van der Waals surface area contributed by atoms with E-state index in [2.05, 4.69) is 26.2 Å². The molecule has 0 saturated carbocycles. The Morgan fingerprint density at radius 3 is 3.11 bits per heavy atom. The van der Waals surface area contributed by atoms with Crippen LogP contribution in [0.3, 0.4) is 0 Å². The van der Waals surface area contributed by atoms with Gasteiger partial charge >= 0.3 is 0 Å². The van der Waals surface area contributed by atoms with E-state index in [-0.39, 0.29) is 0 Å². The smallest absolute Gasteiger partial charge is 0.120 e. The van der Waals surface area contributed by atoms with Crippen LogP contribution < -0.4 is 10.1 Å². The van der Waals surface area contributed by atoms with Gasteiger partial charge in [-0.3, -0.25) is 0 Å². The van der Waals surface area contributed by atoms with Crippen molar-refractivity contribution in [3.63, 3.8) is 0 Å². The summed E-state index contributed by atoms with van der Waals surface area (Å²) in [6.07, 6.45) is 3.86. The van der Waals surface area contributed by atoms with Gasteiger partial charge in [0.05, 0.1) is 18.6 Å². The van der Waals surface area contributed by atoms with Crippen LogP contribution in [0.4, 0.5) is 0 Å². The first kappa shape index (κ1) is 13.1. The van der Waals surface area contributed by atoms with Crippen LogP contribution in [0.25, 0.3) is 0 Å². The summed E-state index contributed by atoms with van der Waals surface area (Å²) in [6.45, 7) is 2.22. The summed E-state index contributed by atoms with van der Waals surface area (Å²) in [5.74, 6) is 0.875. The van der Waals surface area contributed by atoms with Crippen LogP contribution in [0.5, 0.6) is 5.75 Å². The molecule has 0 radical (unpaired) electrons. The van der Waals surface area contributed by atoms with Crippen molar-refractivity contribution in [2.24, 2.45) is 0 Å². The van der Waals surface area contributed by atoms with Crippen molar-refractivity contribution in [1.29, 1.82) is 0 Å². The number of nitrogens with zero attached hydrogens (tertiary/aromatic N) is 2. The Kier molecular flexibility index (Phi) is 4.78. The molecule has 0 atom stereocenters. The van der Waals surface area contributed by atoms with Crippen molar-refractivity contribution in [2.45, 2.75) is 13.1 Å². The first-order chi connectivity index (χ1) is 8.78. The van der Waals surface area contributed by atoms with E-state index < -0.39 is 0 Å². The summed E-state index contributed by atoms with van der Waals surface area (Å²) >= 11 is 3.42. The molecule has 5 heteroatoms. The highest BCUT2D eigenvalue weighted by molar-refractivity contribution is 9.10. The minimum Gasteiger partial charge on any atom is -0.492 e. The summed E-state index contributed by atoms with van der Waals surface area (Å²) in [6, 6.07) is 7.85. The van der Waals surface area contributed by atoms with Crippen molar-refractivity contribution in [3.8, 4) is 5.75 Å². The Morgan fingerprint density at radius 1 is 1.44 bits per heavy atom. The minimum atomic E-state index is 0.631. The lowest BCUT2D eigenvalue weighted by Crippen LogP contribution is -2.07. The number of halogens is 1. The van der Waals surface area contributed by atoms with E-state index in [0.717, 1.165) is 29.0 Å². The molecule has 0 spiro atoms. The van der Waals surface area contributed by atoms with Gasteiger partial charge in [0.1, 0.15) is 12.4 Å². The summed E-state index contributed by atoms with van der Waals surface area (Å²) < 4.78 is 8.72. The van der Waals surface area contributed by atoms with E-state index >= 15 is 0 Å². The molecule has 1 aromatic carbocycles. The second kappa shape index (κ2) is 6.56. The standard InChI is InChI=1S/C13H16BrN3O/c1-15-8-12-9-17(10-16-12)5-6-18-13-4-2-3-11(14)7-13/h2-4,7,9-10,15H,5-6,8H2,1H3. The summed E-state index contributed by atoms with van der Waals surface area (Å²) in [5.41, 5.74) is 1.04. The molecule has 2 aromatic rings. The number of rotatable bonds is 6. The van der Waals surface area contributed by atoms with Crippen LogP contribution in [0.15, 0.2) is 41.3 Å². The number of benzene rings is 1. The van der Waals surface area contributed by atoms with Gasteiger partial charge in [0.25, 0.3) is 0 Å². The lowest BCUT2D eigenvalue weighted by molar-refractivity contribution is 0.298. The lowest BCUT2D eigenvalue weighted by Gasteiger charge is -2.06. The molecule has 0 amide bonds. The fourth-order valence-corrected chi connectivity index (χ4v) is 2.01. The molecular formula is C13H16BrN3O. The highest BCUT2D eigenvalue weighted by atomic mass is 79.9. The number of hydrogen-bond donors (Lipinski definition) is 1. The van der Waals surface area contributed by atoms with Crippen LogP contribution >= 0.6 is 15.9 Å². The molecule has 4 nitrogen and oxygen atoms in total. The largest absolute Gasteiger partial charge is 0.492 e. The van der Waals surface area contributed by atoms with Crippen LogP contribution in [0, 0.1) is 0 Å². The highest BCUT2D eigenvalue weighted by Gasteiger charge is 1.98. The second-order valence-electron chi connectivity index (χ2n) is 3.94. The molecule has 0 aliphatic heterocycles. The van der Waals surface area contributed by atoms with Gasteiger partial charge in [0.2, 0.25) is 0 Å². The molecule has 96 valence electrons. The van der Waals surface area contributed by atoms with E-state index in [9.17, 15) is 0 Å². The monoisotopic (exact) mass is 309 g/mol. The van der Waals surface area contributed by atoms with Crippen LogP contribution in [-0.2, 0) is 13.1 Å². The molecule has 0 bridgehead atoms. The van der Waals surface area contributed by atoms with E-state index in [1.54, 1.807) is 0 Å². The number of imidazole rings is 1. The van der Waals surface area contributed by atoms with Gasteiger partial charge < -0.3 is 14.6 Å². The highest BCUT2D eigenvalue weighted by Crippen LogP contribution is 2.17. The third kappa shape index (κ3) is 3.85. The topological polar surface area (TPSA) is 39.1 Å². The van der Waals surface area contributed by atoms with Gasteiger partial charge in [-0.05, 0) is 25.2 Å². The first-order valence-electron chi connectivity index (χ1n) is 5.81. The number of aromatic nitrogens is 2. The zero-order valence-electron chi connectivity index (χ0n) is 10.3. The van der Waals surface area contributed by atoms with E-state index in [1.165, 1.54) is 0 Å². The van der Waals surface area contributed by atoms with Crippen LogP contribution in [0.1, 0.15) is 5.69 Å². The van der Waals surface area contributed by atoms with E-state index in [4.69, 9.17) is 4.74 Å². The van der Waals surface area contributed by atoms with Crippen molar-refractivity contribution in [3.05, 3.63) is 47.0 Å². The van der Waals surface area contributed by atoms with Crippen LogP contribution in [0.2, 0.25) is 0 Å². The predicted octanol–water partition coefficient (Wildman–Crippen LogP) is 2.44. The van der Waals surface area contributed by atoms with Gasteiger partial charge in [0.15, 0.2) is 0 Å². The zero-order valence-corrected chi connectivity index (χ0v) is 11.9. The number of hydrogen-bond acceptors (Lipinski definition) is 3. The van der Waals surface area contributed by atoms with Gasteiger partial charge in [-0.1, -0.05) is 22.0 Å². The van der Waals surface area contributed by atoms with Crippen LogP contribution in [-0.4, -0.2) is 23.2 Å². The normalized spacial score (nSPS) is 10.6. The molecule has 1 N–H and O–H groups in total. The Labute approximate surface area is 115 Å². The minimum absolute atomic E-state index is 0.631. The Bertz CT molecular complexity index is 498. The maximum Gasteiger partial charge on any atom is 0.120 e. The Morgan fingerprint density at radius 2 is 2.33 bits per heavy atom. The van der Waals surface area contributed by atoms with Gasteiger partial charge in [-0.25, -0.2) is 4.98 Å². The molecule has 0 aliphatic carbocycles. The molecule has 0 saturated heterocycles. The molecular weight excluding hydrogens is 294 g/mol. The maximum atomic E-state index is 5.67. The number of nitrogens with one attached hydrogen (secondary N) is 1. The fraction of sp³-hybridized carbons (Fsp3) is 0.308. The Balaban J connectivity index is 1.81. The van der Waals surface area contributed by atoms with Gasteiger partial charge in [-0.15, -0.1) is 0 Å². The summed E-state index contributed by atoms with van der Waals surface area (Å²) in [5, 5.41) is 3.07. The third-order valence-electron chi connectivity index (χ3n) is 2.46. The van der Waals surface area contributed by atoms with E-state index in [1.807, 2.05) is 48.4 Å². The second-order valence-corrected chi connectivity index (χ2v) is 4.85. The SMILES string of the molecule is CNCc1cn(CCOc2cccc(Br)c2)cn1. The predicted molar refractivity (Wildman–Crippen MR) is 74.6 cm³/mol. The molecule has 1 heterocycles.